The predicted octanol–water partition coefficient (Wildman–Crippen LogP) is 1.10. The Morgan fingerprint density at radius 1 is 0.935 bits per heavy atom. The largest absolute Gasteiger partial charge is 0.379 e. The van der Waals surface area contributed by atoms with Crippen LogP contribution in [0.2, 0.25) is 0 Å². The molecule has 0 bridgehead atoms. The number of primary amides is 1. The van der Waals surface area contributed by atoms with E-state index in [1.807, 2.05) is 20.8 Å². The Kier molecular flexibility index (Phi) is 30.4. The summed E-state index contributed by atoms with van der Waals surface area (Å²) in [5.74, 6) is -0.276. The Morgan fingerprint density at radius 2 is 1.32 bits per heavy atom. The minimum Gasteiger partial charge on any atom is -0.379 e. The number of ether oxygens (including phenoxy) is 4. The standard InChI is InChI=1S/C12H25O8P.C5H12N2O.C2H6/c1-21(14,15)20-12-11-19-10-9-18-8-7-17-6-5-16-4-2-3-13;1-4(6)2-3-5(7)8;1-2/h3H,2,4-12H2,1H3,(H,14,15);4H,2-3,6H2,1H3,(H2,7,8);1-2H3. The van der Waals surface area contributed by atoms with E-state index < -0.39 is 7.60 Å². The van der Waals surface area contributed by atoms with Crippen LogP contribution >= 0.6 is 7.60 Å². The topological polar surface area (TPSA) is 170 Å². The van der Waals surface area contributed by atoms with Crippen molar-refractivity contribution in [1.82, 2.24) is 0 Å². The number of carbonyl (C=O) groups excluding carboxylic acids is 2. The predicted molar refractivity (Wildman–Crippen MR) is 119 cm³/mol. The van der Waals surface area contributed by atoms with Crippen LogP contribution in [-0.4, -0.2) is 89.3 Å². The van der Waals surface area contributed by atoms with Crippen LogP contribution in [0.1, 0.15) is 40.0 Å². The van der Waals surface area contributed by atoms with E-state index in [4.69, 9.17) is 35.3 Å². The minimum absolute atomic E-state index is 0.0808. The Balaban J connectivity index is -0.000000655. The van der Waals surface area contributed by atoms with Crippen molar-refractivity contribution in [1.29, 1.82) is 0 Å². The Labute approximate surface area is 186 Å². The van der Waals surface area contributed by atoms with Gasteiger partial charge in [-0.05, 0) is 13.3 Å². The lowest BCUT2D eigenvalue weighted by Crippen LogP contribution is -2.19. The molecule has 1 amide bonds. The number of aldehydes is 1. The first-order valence-electron chi connectivity index (χ1n) is 10.4. The average Bonchev–Trinajstić information content (AvgIpc) is 2.70. The van der Waals surface area contributed by atoms with Gasteiger partial charge in [0.25, 0.3) is 0 Å². The zero-order valence-electron chi connectivity index (χ0n) is 19.5. The normalized spacial score (nSPS) is 13.1. The maximum atomic E-state index is 10.8. The molecule has 0 aromatic rings. The quantitative estimate of drug-likeness (QED) is 0.140. The summed E-state index contributed by atoms with van der Waals surface area (Å²) in [6, 6.07) is 0.0856. The van der Waals surface area contributed by atoms with Gasteiger partial charge in [0.05, 0.1) is 59.5 Å². The van der Waals surface area contributed by atoms with Crippen LogP contribution in [0.3, 0.4) is 0 Å². The third kappa shape index (κ3) is 43.7. The lowest BCUT2D eigenvalue weighted by molar-refractivity contribution is -0.118. The molecule has 12 heteroatoms. The number of amides is 1. The molecule has 0 saturated carbocycles. The van der Waals surface area contributed by atoms with E-state index in [0.29, 0.717) is 65.5 Å². The Hall–Kier alpha value is -0.910. The molecular formula is C19H43N2O9P. The molecule has 2 unspecified atom stereocenters. The fourth-order valence-corrected chi connectivity index (χ4v) is 1.94. The van der Waals surface area contributed by atoms with Gasteiger partial charge in [-0.15, -0.1) is 0 Å². The van der Waals surface area contributed by atoms with Gasteiger partial charge >= 0.3 is 7.60 Å². The molecule has 0 heterocycles. The Bertz CT molecular complexity index is 435. The monoisotopic (exact) mass is 474 g/mol. The van der Waals surface area contributed by atoms with Crippen LogP contribution in [0.4, 0.5) is 0 Å². The summed E-state index contributed by atoms with van der Waals surface area (Å²) in [4.78, 5) is 28.9. The Morgan fingerprint density at radius 3 is 1.61 bits per heavy atom. The van der Waals surface area contributed by atoms with Gasteiger partial charge in [-0.1, -0.05) is 13.8 Å². The van der Waals surface area contributed by atoms with Crippen LogP contribution in [-0.2, 0) is 37.6 Å². The summed E-state index contributed by atoms with van der Waals surface area (Å²) >= 11 is 0. The van der Waals surface area contributed by atoms with E-state index in [9.17, 15) is 14.2 Å². The van der Waals surface area contributed by atoms with Crippen molar-refractivity contribution in [3.63, 3.8) is 0 Å². The lowest BCUT2D eigenvalue weighted by Gasteiger charge is -2.08. The van der Waals surface area contributed by atoms with Gasteiger partial charge < -0.3 is 44.6 Å². The molecule has 11 nitrogen and oxygen atoms in total. The number of hydrogen-bond acceptors (Lipinski definition) is 9. The molecule has 0 aliphatic carbocycles. The summed E-state index contributed by atoms with van der Waals surface area (Å²) < 4.78 is 36.1. The summed E-state index contributed by atoms with van der Waals surface area (Å²) in [6.45, 7) is 10.4. The molecule has 5 N–H and O–H groups in total. The molecule has 0 radical (unpaired) electrons. The first-order valence-corrected chi connectivity index (χ1v) is 12.4. The molecule has 0 fully saturated rings. The molecule has 0 saturated heterocycles. The van der Waals surface area contributed by atoms with Crippen LogP contribution in [0.15, 0.2) is 0 Å². The van der Waals surface area contributed by atoms with Crippen molar-refractivity contribution < 1.29 is 42.5 Å². The van der Waals surface area contributed by atoms with E-state index >= 15 is 0 Å². The van der Waals surface area contributed by atoms with Gasteiger partial charge in [-0.2, -0.15) is 0 Å². The van der Waals surface area contributed by atoms with E-state index in [0.717, 1.165) is 13.0 Å². The second-order valence-corrected chi connectivity index (χ2v) is 7.89. The van der Waals surface area contributed by atoms with Crippen molar-refractivity contribution in [2.45, 2.75) is 46.1 Å². The molecule has 0 aliphatic rings. The van der Waals surface area contributed by atoms with Crippen LogP contribution < -0.4 is 11.5 Å². The highest BCUT2D eigenvalue weighted by molar-refractivity contribution is 7.51. The minimum atomic E-state index is -3.41. The van der Waals surface area contributed by atoms with E-state index in [-0.39, 0.29) is 25.2 Å². The first-order chi connectivity index (χ1) is 14.7. The third-order valence-electron chi connectivity index (χ3n) is 2.90. The zero-order chi connectivity index (χ0) is 24.4. The fraction of sp³-hybridized carbons (Fsp3) is 0.895. The average molecular weight is 475 g/mol. The summed E-state index contributed by atoms with van der Waals surface area (Å²) in [7, 11) is -3.41. The third-order valence-corrected chi connectivity index (χ3v) is 3.56. The SMILES string of the molecule is CC.CC(N)CCC(N)=O.CP(=O)(O)OCCOCCOCCOCCOCCC=O. The highest BCUT2D eigenvalue weighted by Gasteiger charge is 2.08. The molecule has 0 spiro atoms. The van der Waals surface area contributed by atoms with Gasteiger partial charge in [0.2, 0.25) is 5.91 Å². The zero-order valence-corrected chi connectivity index (χ0v) is 20.3. The number of hydrogen-bond donors (Lipinski definition) is 3. The maximum absolute atomic E-state index is 10.8. The molecule has 0 aromatic heterocycles. The molecule has 31 heavy (non-hydrogen) atoms. The molecule has 0 aliphatic heterocycles. The molecule has 0 aromatic carbocycles. The second-order valence-electron chi connectivity index (χ2n) is 6.02. The fourth-order valence-electron chi connectivity index (χ4n) is 1.53. The van der Waals surface area contributed by atoms with Crippen molar-refractivity contribution in [2.75, 3.05) is 66.1 Å². The van der Waals surface area contributed by atoms with Gasteiger partial charge in [0, 0.05) is 25.5 Å². The van der Waals surface area contributed by atoms with E-state index in [2.05, 4.69) is 4.52 Å². The maximum Gasteiger partial charge on any atom is 0.325 e. The van der Waals surface area contributed by atoms with Crippen molar-refractivity contribution in [3.05, 3.63) is 0 Å². The number of carbonyl (C=O) groups is 2. The van der Waals surface area contributed by atoms with Gasteiger partial charge in [-0.25, -0.2) is 0 Å². The number of nitrogens with two attached hydrogens (primary N) is 2. The van der Waals surface area contributed by atoms with Crippen LogP contribution in [0.5, 0.6) is 0 Å². The van der Waals surface area contributed by atoms with Gasteiger partial charge in [0.1, 0.15) is 6.29 Å². The van der Waals surface area contributed by atoms with Gasteiger partial charge in [-0.3, -0.25) is 9.36 Å². The second kappa shape index (κ2) is 27.1. The smallest absolute Gasteiger partial charge is 0.325 e. The molecule has 0 rings (SSSR count). The summed E-state index contributed by atoms with van der Waals surface area (Å²) in [5, 5.41) is 0. The summed E-state index contributed by atoms with van der Waals surface area (Å²) in [5.41, 5.74) is 10.2. The van der Waals surface area contributed by atoms with Crippen LogP contribution in [0, 0.1) is 0 Å². The molecular weight excluding hydrogens is 431 g/mol. The van der Waals surface area contributed by atoms with E-state index in [1.165, 1.54) is 0 Å². The molecule has 188 valence electrons. The van der Waals surface area contributed by atoms with Crippen LogP contribution in [0.25, 0.3) is 0 Å². The lowest BCUT2D eigenvalue weighted by atomic mass is 10.2. The van der Waals surface area contributed by atoms with E-state index in [1.54, 1.807) is 0 Å². The first kappa shape index (κ1) is 34.7. The molecule has 2 atom stereocenters. The van der Waals surface area contributed by atoms with Crippen molar-refractivity contribution in [3.8, 4) is 0 Å². The van der Waals surface area contributed by atoms with Gasteiger partial charge in [0.15, 0.2) is 0 Å². The summed E-state index contributed by atoms with van der Waals surface area (Å²) in [6.07, 6.45) is 2.31. The van der Waals surface area contributed by atoms with Crippen molar-refractivity contribution in [2.24, 2.45) is 11.5 Å². The van der Waals surface area contributed by atoms with Crippen molar-refractivity contribution >= 4 is 19.8 Å². The highest BCUT2D eigenvalue weighted by Crippen LogP contribution is 2.35. The highest BCUT2D eigenvalue weighted by atomic mass is 31.2. The number of rotatable bonds is 19.